The maximum absolute atomic E-state index is 14.4. The number of aldehydes is 1. The van der Waals surface area contributed by atoms with Crippen LogP contribution in [0.15, 0.2) is 34.3 Å². The predicted octanol–water partition coefficient (Wildman–Crippen LogP) is 4.72. The normalized spacial score (nSPS) is 12.2. The van der Waals surface area contributed by atoms with E-state index in [2.05, 4.69) is 20.1 Å². The molecule has 1 aromatic carbocycles. The summed E-state index contributed by atoms with van der Waals surface area (Å²) in [6.07, 6.45) is -4.22. The predicted molar refractivity (Wildman–Crippen MR) is 137 cm³/mol. The van der Waals surface area contributed by atoms with E-state index in [4.69, 9.17) is 11.5 Å². The lowest BCUT2D eigenvalue weighted by atomic mass is 10.1. The van der Waals surface area contributed by atoms with Gasteiger partial charge in [-0.2, -0.15) is 18.3 Å². The zero-order chi connectivity index (χ0) is 30.9. The Labute approximate surface area is 228 Å². The van der Waals surface area contributed by atoms with Gasteiger partial charge in [-0.1, -0.05) is 13.3 Å². The Bertz CT molecular complexity index is 1430. The monoisotopic (exact) mass is 590 g/mol. The van der Waals surface area contributed by atoms with Crippen molar-refractivity contribution >= 4 is 29.8 Å². The van der Waals surface area contributed by atoms with Crippen molar-refractivity contribution in [1.82, 2.24) is 25.1 Å². The first kappa shape index (κ1) is 32.6. The third-order valence-corrected chi connectivity index (χ3v) is 5.22. The number of H-pyrrole nitrogens is 1. The number of nitrogens with zero attached hydrogens (tertiary/aromatic N) is 5. The molecule has 17 heteroatoms. The van der Waals surface area contributed by atoms with Crippen molar-refractivity contribution < 1.29 is 35.5 Å². The quantitative estimate of drug-likeness (QED) is 0.140. The van der Waals surface area contributed by atoms with Crippen LogP contribution in [0.4, 0.5) is 47.9 Å². The number of alkyl halides is 6. The van der Waals surface area contributed by atoms with E-state index in [1.165, 1.54) is 17.3 Å². The number of hydrogen-bond donors (Lipinski definition) is 3. The van der Waals surface area contributed by atoms with Gasteiger partial charge in [0.15, 0.2) is 12.1 Å². The molecule has 222 valence electrons. The molecule has 1 atom stereocenters. The van der Waals surface area contributed by atoms with Crippen LogP contribution in [0, 0.1) is 5.82 Å². The molecule has 1 unspecified atom stereocenters. The second-order valence-electron chi connectivity index (χ2n) is 8.44. The number of nitrogens with one attached hydrogen (secondary N) is 1. The molecular formula is C24H25F7N8O2. The van der Waals surface area contributed by atoms with Crippen LogP contribution in [0.2, 0.25) is 0 Å². The third-order valence-electron chi connectivity index (χ3n) is 5.22. The summed E-state index contributed by atoms with van der Waals surface area (Å²) in [6.45, 7) is 1.98. The van der Waals surface area contributed by atoms with Crippen LogP contribution in [0.3, 0.4) is 0 Å². The SMILES string of the molecule is CCCC(F)CN(C)C=Nc1cc(-c2ncc(C(F)F)c(N)n2)c(F)cc1C=O.Nc1cn[nH]c(=O)c1C(F)(F)F. The molecule has 0 saturated heterocycles. The van der Waals surface area contributed by atoms with Gasteiger partial charge in [0, 0.05) is 25.4 Å². The van der Waals surface area contributed by atoms with Gasteiger partial charge in [0.2, 0.25) is 0 Å². The minimum atomic E-state index is -4.74. The number of aromatic nitrogens is 4. The molecule has 0 aliphatic rings. The lowest BCUT2D eigenvalue weighted by molar-refractivity contribution is -0.138. The zero-order valence-corrected chi connectivity index (χ0v) is 21.6. The molecule has 0 spiro atoms. The first-order valence-corrected chi connectivity index (χ1v) is 11.7. The van der Waals surface area contributed by atoms with Gasteiger partial charge in [-0.25, -0.2) is 37.6 Å². The Hall–Kier alpha value is -4.57. The molecule has 3 rings (SSSR count). The van der Waals surface area contributed by atoms with E-state index in [1.54, 1.807) is 12.1 Å². The van der Waals surface area contributed by atoms with Gasteiger partial charge in [0.25, 0.3) is 12.0 Å². The molecule has 0 saturated carbocycles. The van der Waals surface area contributed by atoms with Crippen molar-refractivity contribution in [2.45, 2.75) is 38.5 Å². The first-order chi connectivity index (χ1) is 19.2. The minimum Gasteiger partial charge on any atom is -0.397 e. The van der Waals surface area contributed by atoms with E-state index >= 15 is 0 Å². The number of halogens is 7. The average Bonchev–Trinajstić information content (AvgIpc) is 2.87. The molecule has 2 aromatic heterocycles. The van der Waals surface area contributed by atoms with E-state index < -0.39 is 52.8 Å². The van der Waals surface area contributed by atoms with Crippen LogP contribution >= 0.6 is 0 Å². The molecule has 0 amide bonds. The number of anilines is 2. The number of nitrogens with two attached hydrogens (primary N) is 2. The Morgan fingerprint density at radius 3 is 2.37 bits per heavy atom. The molecule has 0 radical (unpaired) electrons. The molecule has 3 aromatic rings. The fraction of sp³-hybridized carbons (Fsp3) is 0.333. The summed E-state index contributed by atoms with van der Waals surface area (Å²) in [5, 5.41) is 4.74. The molecule has 10 nitrogen and oxygen atoms in total. The van der Waals surface area contributed by atoms with E-state index in [9.17, 15) is 40.3 Å². The third kappa shape index (κ3) is 8.97. The molecule has 0 bridgehead atoms. The number of aliphatic imine (C=N–C) groups is 1. The van der Waals surface area contributed by atoms with Gasteiger partial charge in [0.05, 0.1) is 35.0 Å². The lowest BCUT2D eigenvalue weighted by Crippen LogP contribution is -2.25. The molecular weight excluding hydrogens is 565 g/mol. The highest BCUT2D eigenvalue weighted by Crippen LogP contribution is 2.31. The van der Waals surface area contributed by atoms with Crippen molar-refractivity contribution in [2.24, 2.45) is 4.99 Å². The number of aromatic amines is 1. The molecule has 0 fully saturated rings. The maximum Gasteiger partial charge on any atom is 0.423 e. The zero-order valence-electron chi connectivity index (χ0n) is 21.6. The van der Waals surface area contributed by atoms with Crippen molar-refractivity contribution in [3.05, 3.63) is 57.4 Å². The van der Waals surface area contributed by atoms with Crippen molar-refractivity contribution in [2.75, 3.05) is 25.1 Å². The van der Waals surface area contributed by atoms with E-state index in [-0.39, 0.29) is 29.2 Å². The second kappa shape index (κ2) is 14.2. The van der Waals surface area contributed by atoms with Crippen LogP contribution < -0.4 is 17.0 Å². The summed E-state index contributed by atoms with van der Waals surface area (Å²) in [7, 11) is 1.61. The highest BCUT2D eigenvalue weighted by atomic mass is 19.4. The highest BCUT2D eigenvalue weighted by Gasteiger charge is 2.36. The summed E-state index contributed by atoms with van der Waals surface area (Å²) in [6, 6.07) is 2.14. The number of carbonyl (C=O) groups is 1. The Morgan fingerprint density at radius 1 is 1.17 bits per heavy atom. The Balaban J connectivity index is 0.000000408. The van der Waals surface area contributed by atoms with Gasteiger partial charge in [-0.3, -0.25) is 9.59 Å². The van der Waals surface area contributed by atoms with E-state index in [0.717, 1.165) is 18.5 Å². The number of hydrogen-bond acceptors (Lipinski definition) is 8. The van der Waals surface area contributed by atoms with E-state index in [0.29, 0.717) is 19.1 Å². The summed E-state index contributed by atoms with van der Waals surface area (Å²) >= 11 is 0. The van der Waals surface area contributed by atoms with Crippen molar-refractivity contribution in [3.63, 3.8) is 0 Å². The smallest absolute Gasteiger partial charge is 0.397 e. The topological polar surface area (TPSA) is 156 Å². The number of nitrogen functional groups attached to an aromatic ring is 2. The standard InChI is InChI=1S/C19H21F4N5O.C5H4F3N3O/c1-3-4-12(20)8-28(2)10-26-16-6-13(15(21)5-11(16)9-29)19-25-7-14(17(22)23)18(24)27-19;6-5(7,8)3-2(9)1-10-11-4(3)12/h5-7,9-10,12,17H,3-4,8H2,1-2H3,(H2,24,25,27);1H,(H3,9,11,12). The molecule has 2 heterocycles. The first-order valence-electron chi connectivity index (χ1n) is 11.7. The molecule has 41 heavy (non-hydrogen) atoms. The Morgan fingerprint density at radius 2 is 1.85 bits per heavy atom. The average molecular weight is 591 g/mol. The Kier molecular flexibility index (Phi) is 11.3. The van der Waals surface area contributed by atoms with Gasteiger partial charge in [-0.05, 0) is 18.6 Å². The molecule has 0 aliphatic carbocycles. The highest BCUT2D eigenvalue weighted by molar-refractivity contribution is 5.86. The lowest BCUT2D eigenvalue weighted by Gasteiger charge is -2.16. The number of carbonyl (C=O) groups excluding carboxylic acids is 1. The van der Waals surface area contributed by atoms with Crippen LogP contribution in [-0.2, 0) is 6.18 Å². The van der Waals surface area contributed by atoms with Crippen LogP contribution in [0.5, 0.6) is 0 Å². The van der Waals surface area contributed by atoms with Crippen LogP contribution in [-0.4, -0.2) is 57.5 Å². The maximum atomic E-state index is 14.4. The van der Waals surface area contributed by atoms with Gasteiger partial charge < -0.3 is 16.4 Å². The summed E-state index contributed by atoms with van der Waals surface area (Å²) in [4.78, 5) is 34.9. The van der Waals surface area contributed by atoms with E-state index in [1.807, 2.05) is 6.92 Å². The fourth-order valence-electron chi connectivity index (χ4n) is 3.29. The second-order valence-corrected chi connectivity index (χ2v) is 8.44. The summed E-state index contributed by atoms with van der Waals surface area (Å²) in [5.74, 6) is -1.53. The van der Waals surface area contributed by atoms with Crippen molar-refractivity contribution in [1.29, 1.82) is 0 Å². The summed E-state index contributed by atoms with van der Waals surface area (Å²) < 4.78 is 89.6. The van der Waals surface area contributed by atoms with Gasteiger partial charge >= 0.3 is 6.18 Å². The van der Waals surface area contributed by atoms with Gasteiger partial charge in [0.1, 0.15) is 23.4 Å². The summed E-state index contributed by atoms with van der Waals surface area (Å²) in [5.41, 5.74) is 6.31. The number of rotatable bonds is 9. The largest absolute Gasteiger partial charge is 0.423 e. The van der Waals surface area contributed by atoms with Crippen LogP contribution in [0.1, 0.15) is 47.7 Å². The van der Waals surface area contributed by atoms with Gasteiger partial charge in [-0.15, -0.1) is 0 Å². The molecule has 5 N–H and O–H groups in total. The fourth-order valence-corrected chi connectivity index (χ4v) is 3.29. The van der Waals surface area contributed by atoms with Crippen molar-refractivity contribution in [3.8, 4) is 11.4 Å². The van der Waals surface area contributed by atoms with Crippen LogP contribution in [0.25, 0.3) is 11.4 Å². The molecule has 0 aliphatic heterocycles. The minimum absolute atomic E-state index is 0.0431. The number of benzene rings is 1.